The Hall–Kier alpha value is -2.23. The largest absolute Gasteiger partial charge is 0.384 e. The maximum absolute atomic E-state index is 13.2. The number of nitrogens with one attached hydrogen (secondary N) is 1. The van der Waals surface area contributed by atoms with Crippen LogP contribution in [0.5, 0.6) is 0 Å². The van der Waals surface area contributed by atoms with E-state index in [0.29, 0.717) is 6.54 Å². The number of hydrogen-bond donors (Lipinski definition) is 1. The summed E-state index contributed by atoms with van der Waals surface area (Å²) in [5.41, 5.74) is 2.35. The van der Waals surface area contributed by atoms with Crippen LogP contribution in [0.3, 0.4) is 0 Å². The van der Waals surface area contributed by atoms with Gasteiger partial charge in [0.1, 0.15) is 0 Å². The van der Waals surface area contributed by atoms with E-state index in [4.69, 9.17) is 0 Å². The molecule has 0 aliphatic carbocycles. The van der Waals surface area contributed by atoms with E-state index < -0.39 is 11.6 Å². The molecule has 1 aliphatic heterocycles. The summed E-state index contributed by atoms with van der Waals surface area (Å²) >= 11 is 0. The predicted molar refractivity (Wildman–Crippen MR) is 73.0 cm³/mol. The van der Waals surface area contributed by atoms with Gasteiger partial charge in [0.05, 0.1) is 0 Å². The Morgan fingerprint density at radius 3 is 2.75 bits per heavy atom. The maximum Gasteiger partial charge on any atom is 0.163 e. The number of anilines is 1. The molecule has 3 rings (SSSR count). The highest BCUT2D eigenvalue weighted by Crippen LogP contribution is 2.34. The lowest BCUT2D eigenvalue weighted by atomic mass is 9.93. The second kappa shape index (κ2) is 5.04. The van der Waals surface area contributed by atoms with Gasteiger partial charge in [-0.2, -0.15) is 0 Å². The van der Waals surface area contributed by atoms with Crippen molar-refractivity contribution in [2.24, 2.45) is 0 Å². The Morgan fingerprint density at radius 1 is 1.15 bits per heavy atom. The molecule has 0 bridgehead atoms. The number of Topliss-reactive ketones (excluding diaryl/α,β-unsaturated/α-hetero) is 1. The molecular formula is C16H13F2NO. The zero-order valence-corrected chi connectivity index (χ0v) is 10.7. The molecule has 1 atom stereocenters. The molecule has 0 fully saturated rings. The molecule has 2 nitrogen and oxygen atoms in total. The Bertz CT molecular complexity index is 669. The third-order valence-electron chi connectivity index (χ3n) is 3.61. The quantitative estimate of drug-likeness (QED) is 0.863. The van der Waals surface area contributed by atoms with Crippen LogP contribution < -0.4 is 5.32 Å². The van der Waals surface area contributed by atoms with E-state index in [1.54, 1.807) is 0 Å². The van der Waals surface area contributed by atoms with Crippen molar-refractivity contribution >= 4 is 11.5 Å². The lowest BCUT2D eigenvalue weighted by Crippen LogP contribution is -2.10. The van der Waals surface area contributed by atoms with Crippen LogP contribution in [0.25, 0.3) is 0 Å². The lowest BCUT2D eigenvalue weighted by Gasteiger charge is -2.09. The summed E-state index contributed by atoms with van der Waals surface area (Å²) in [6.45, 7) is 0.689. The molecule has 1 aliphatic rings. The third kappa shape index (κ3) is 2.29. The molecule has 0 radical (unpaired) electrons. The van der Waals surface area contributed by atoms with E-state index in [-0.39, 0.29) is 23.7 Å². The van der Waals surface area contributed by atoms with E-state index in [0.717, 1.165) is 23.4 Å². The molecule has 0 aromatic heterocycles. The fourth-order valence-electron chi connectivity index (χ4n) is 2.55. The summed E-state index contributed by atoms with van der Waals surface area (Å²) in [7, 11) is 0. The van der Waals surface area contributed by atoms with Gasteiger partial charge in [0, 0.05) is 30.1 Å². The molecule has 0 spiro atoms. The average molecular weight is 273 g/mol. The van der Waals surface area contributed by atoms with Crippen LogP contribution in [0.4, 0.5) is 14.5 Å². The third-order valence-corrected chi connectivity index (χ3v) is 3.61. The monoisotopic (exact) mass is 273 g/mol. The number of ketones is 1. The van der Waals surface area contributed by atoms with Gasteiger partial charge in [0.2, 0.25) is 0 Å². The Balaban J connectivity index is 1.79. The highest BCUT2D eigenvalue weighted by atomic mass is 19.2. The highest BCUT2D eigenvalue weighted by molar-refractivity contribution is 5.96. The number of hydrogen-bond acceptors (Lipinski definition) is 2. The molecular weight excluding hydrogens is 260 g/mol. The van der Waals surface area contributed by atoms with Crippen LogP contribution >= 0.6 is 0 Å². The molecule has 1 unspecified atom stereocenters. The molecule has 1 heterocycles. The van der Waals surface area contributed by atoms with Gasteiger partial charge in [-0.1, -0.05) is 18.2 Å². The maximum atomic E-state index is 13.2. The standard InChI is InChI=1S/C16H13F2NO/c17-13-6-5-10(7-14(13)18)16(20)8-11-9-19-15-4-2-1-3-12(11)15/h1-7,11,19H,8-9H2. The summed E-state index contributed by atoms with van der Waals surface area (Å²) in [5.74, 6) is -2.02. The lowest BCUT2D eigenvalue weighted by molar-refractivity contribution is 0.0975. The first-order valence-corrected chi connectivity index (χ1v) is 6.46. The van der Waals surface area contributed by atoms with Gasteiger partial charge < -0.3 is 5.32 Å². The Morgan fingerprint density at radius 2 is 1.95 bits per heavy atom. The molecule has 0 saturated heterocycles. The number of para-hydroxylation sites is 1. The minimum absolute atomic E-state index is 0.0758. The first kappa shape index (κ1) is 12.8. The zero-order valence-electron chi connectivity index (χ0n) is 10.7. The molecule has 4 heteroatoms. The number of fused-ring (bicyclic) bond motifs is 1. The highest BCUT2D eigenvalue weighted by Gasteiger charge is 2.24. The number of carbonyl (C=O) groups excluding carboxylic acids is 1. The topological polar surface area (TPSA) is 29.1 Å². The van der Waals surface area contributed by atoms with Crippen molar-refractivity contribution in [1.82, 2.24) is 0 Å². The number of benzene rings is 2. The number of halogens is 2. The van der Waals surface area contributed by atoms with Crippen molar-refractivity contribution in [3.05, 3.63) is 65.2 Å². The van der Waals surface area contributed by atoms with Gasteiger partial charge in [-0.15, -0.1) is 0 Å². The van der Waals surface area contributed by atoms with Crippen molar-refractivity contribution in [3.8, 4) is 0 Å². The first-order chi connectivity index (χ1) is 9.65. The van der Waals surface area contributed by atoms with Crippen molar-refractivity contribution in [3.63, 3.8) is 0 Å². The fourth-order valence-corrected chi connectivity index (χ4v) is 2.55. The SMILES string of the molecule is O=C(CC1CNc2ccccc21)c1ccc(F)c(F)c1. The summed E-state index contributed by atoms with van der Waals surface area (Å²) in [6.07, 6.45) is 0.287. The van der Waals surface area contributed by atoms with Crippen LogP contribution in [0, 0.1) is 11.6 Å². The van der Waals surface area contributed by atoms with Gasteiger partial charge in [-0.3, -0.25) is 4.79 Å². The number of rotatable bonds is 3. The Kier molecular flexibility index (Phi) is 3.22. The van der Waals surface area contributed by atoms with Crippen LogP contribution in [0.1, 0.15) is 28.3 Å². The van der Waals surface area contributed by atoms with Crippen LogP contribution in [-0.2, 0) is 0 Å². The smallest absolute Gasteiger partial charge is 0.163 e. The van der Waals surface area contributed by atoms with Crippen LogP contribution in [-0.4, -0.2) is 12.3 Å². The predicted octanol–water partition coefficient (Wildman–Crippen LogP) is 3.75. The Labute approximate surface area is 115 Å². The zero-order chi connectivity index (χ0) is 14.1. The van der Waals surface area contributed by atoms with E-state index in [2.05, 4.69) is 5.32 Å². The first-order valence-electron chi connectivity index (χ1n) is 6.46. The van der Waals surface area contributed by atoms with E-state index in [1.165, 1.54) is 6.07 Å². The summed E-state index contributed by atoms with van der Waals surface area (Å²) < 4.78 is 26.0. The van der Waals surface area contributed by atoms with Gasteiger partial charge >= 0.3 is 0 Å². The molecule has 20 heavy (non-hydrogen) atoms. The van der Waals surface area contributed by atoms with E-state index >= 15 is 0 Å². The van der Waals surface area contributed by atoms with Crippen molar-refractivity contribution in [2.75, 3.05) is 11.9 Å². The summed E-state index contributed by atoms with van der Waals surface area (Å²) in [6, 6.07) is 11.1. The molecule has 0 saturated carbocycles. The van der Waals surface area contributed by atoms with Crippen molar-refractivity contribution in [1.29, 1.82) is 0 Å². The van der Waals surface area contributed by atoms with Crippen molar-refractivity contribution in [2.45, 2.75) is 12.3 Å². The molecule has 2 aromatic carbocycles. The second-order valence-corrected chi connectivity index (χ2v) is 4.92. The number of carbonyl (C=O) groups is 1. The van der Waals surface area contributed by atoms with Crippen LogP contribution in [0.2, 0.25) is 0 Å². The molecule has 0 amide bonds. The average Bonchev–Trinajstić information content (AvgIpc) is 2.85. The van der Waals surface area contributed by atoms with Gasteiger partial charge in [0.25, 0.3) is 0 Å². The van der Waals surface area contributed by atoms with Gasteiger partial charge in [-0.25, -0.2) is 8.78 Å². The normalized spacial score (nSPS) is 16.6. The minimum Gasteiger partial charge on any atom is -0.384 e. The summed E-state index contributed by atoms with van der Waals surface area (Å²) in [5, 5.41) is 3.24. The molecule has 1 N–H and O–H groups in total. The van der Waals surface area contributed by atoms with Gasteiger partial charge in [-0.05, 0) is 29.8 Å². The molecule has 2 aromatic rings. The van der Waals surface area contributed by atoms with Gasteiger partial charge in [0.15, 0.2) is 17.4 Å². The van der Waals surface area contributed by atoms with Crippen LogP contribution in [0.15, 0.2) is 42.5 Å². The minimum atomic E-state index is -0.985. The fraction of sp³-hybridized carbons (Fsp3) is 0.188. The summed E-state index contributed by atoms with van der Waals surface area (Å²) in [4.78, 5) is 12.2. The van der Waals surface area contributed by atoms with Crippen molar-refractivity contribution < 1.29 is 13.6 Å². The second-order valence-electron chi connectivity index (χ2n) is 4.92. The molecule has 102 valence electrons. The van der Waals surface area contributed by atoms with E-state index in [1.807, 2.05) is 24.3 Å². The van der Waals surface area contributed by atoms with E-state index in [9.17, 15) is 13.6 Å².